The van der Waals surface area contributed by atoms with Crippen LogP contribution in [0.1, 0.15) is 35.6 Å². The molecule has 0 spiro atoms. The summed E-state index contributed by atoms with van der Waals surface area (Å²) >= 11 is 2.34. The van der Waals surface area contributed by atoms with Gasteiger partial charge >= 0.3 is 0 Å². The van der Waals surface area contributed by atoms with Crippen LogP contribution < -0.4 is 5.32 Å². The van der Waals surface area contributed by atoms with Gasteiger partial charge in [0.15, 0.2) is 0 Å². The minimum absolute atomic E-state index is 0.296. The summed E-state index contributed by atoms with van der Waals surface area (Å²) in [7, 11) is 0. The van der Waals surface area contributed by atoms with Gasteiger partial charge in [-0.15, -0.1) is 0 Å². The lowest BCUT2D eigenvalue weighted by Gasteiger charge is -2.28. The van der Waals surface area contributed by atoms with Gasteiger partial charge < -0.3 is 10.4 Å². The zero-order valence-corrected chi connectivity index (χ0v) is 13.6. The zero-order valence-electron chi connectivity index (χ0n) is 11.5. The molecule has 0 amide bonds. The van der Waals surface area contributed by atoms with Crippen LogP contribution in [0.4, 0.5) is 5.69 Å². The molecular formula is C17H18INO. The van der Waals surface area contributed by atoms with Gasteiger partial charge in [-0.2, -0.15) is 0 Å². The van der Waals surface area contributed by atoms with Crippen molar-refractivity contribution in [1.29, 1.82) is 0 Å². The molecule has 0 radical (unpaired) electrons. The lowest BCUT2D eigenvalue weighted by atomic mass is 9.87. The molecule has 2 N–H and O–H groups in total. The van der Waals surface area contributed by atoms with E-state index in [4.69, 9.17) is 0 Å². The van der Waals surface area contributed by atoms with Crippen molar-refractivity contribution in [1.82, 2.24) is 0 Å². The molecule has 0 aliphatic heterocycles. The summed E-state index contributed by atoms with van der Waals surface area (Å²) in [5.74, 6) is 0.358. The highest BCUT2D eigenvalue weighted by molar-refractivity contribution is 14.1. The number of aromatic hydroxyl groups is 1. The molecule has 1 atom stereocenters. The molecule has 0 saturated carbocycles. The summed E-state index contributed by atoms with van der Waals surface area (Å²) in [5.41, 5.74) is 5.06. The standard InChI is InChI=1S/C17H18INO/c1-11-9-13(18)6-8-16(11)19-17-4-2-3-12-5-7-14(20)10-15(12)17/h5-10,17,19-20H,2-4H2,1H3. The lowest BCUT2D eigenvalue weighted by molar-refractivity contribution is 0.471. The van der Waals surface area contributed by atoms with Crippen LogP contribution in [0.2, 0.25) is 0 Å². The molecule has 0 heterocycles. The second-order valence-corrected chi connectivity index (χ2v) is 6.68. The number of fused-ring (bicyclic) bond motifs is 1. The number of nitrogens with one attached hydrogen (secondary N) is 1. The van der Waals surface area contributed by atoms with Crippen molar-refractivity contribution >= 4 is 28.3 Å². The van der Waals surface area contributed by atoms with Crippen LogP contribution in [-0.2, 0) is 6.42 Å². The first-order chi connectivity index (χ1) is 9.63. The Hall–Kier alpha value is -1.23. The number of halogens is 1. The van der Waals surface area contributed by atoms with Gasteiger partial charge in [-0.3, -0.25) is 0 Å². The van der Waals surface area contributed by atoms with Crippen molar-refractivity contribution in [3.05, 3.63) is 56.7 Å². The van der Waals surface area contributed by atoms with E-state index in [1.54, 1.807) is 6.07 Å². The number of benzene rings is 2. The predicted molar refractivity (Wildman–Crippen MR) is 91.3 cm³/mol. The molecule has 2 aromatic carbocycles. The van der Waals surface area contributed by atoms with Gasteiger partial charge in [-0.25, -0.2) is 0 Å². The topological polar surface area (TPSA) is 32.3 Å². The fourth-order valence-electron chi connectivity index (χ4n) is 2.91. The second kappa shape index (κ2) is 5.64. The smallest absolute Gasteiger partial charge is 0.115 e. The number of rotatable bonds is 2. The highest BCUT2D eigenvalue weighted by atomic mass is 127. The summed E-state index contributed by atoms with van der Waals surface area (Å²) in [4.78, 5) is 0. The van der Waals surface area contributed by atoms with Crippen LogP contribution in [0.15, 0.2) is 36.4 Å². The molecule has 1 aliphatic rings. The first kappa shape index (κ1) is 13.7. The first-order valence-electron chi connectivity index (χ1n) is 6.98. The van der Waals surface area contributed by atoms with E-state index in [0.29, 0.717) is 11.8 Å². The van der Waals surface area contributed by atoms with E-state index >= 15 is 0 Å². The van der Waals surface area contributed by atoms with E-state index in [1.165, 1.54) is 32.4 Å². The van der Waals surface area contributed by atoms with Crippen LogP contribution in [0.3, 0.4) is 0 Å². The Labute approximate surface area is 133 Å². The molecule has 3 heteroatoms. The molecule has 104 valence electrons. The second-order valence-electron chi connectivity index (χ2n) is 5.43. The van der Waals surface area contributed by atoms with Gasteiger partial charge in [0.2, 0.25) is 0 Å². The van der Waals surface area contributed by atoms with Crippen LogP contribution in [0.25, 0.3) is 0 Å². The van der Waals surface area contributed by atoms with Crippen molar-refractivity contribution < 1.29 is 5.11 Å². The molecule has 2 nitrogen and oxygen atoms in total. The Morgan fingerprint density at radius 2 is 2.05 bits per heavy atom. The number of hydrogen-bond donors (Lipinski definition) is 2. The van der Waals surface area contributed by atoms with E-state index in [9.17, 15) is 5.11 Å². The summed E-state index contributed by atoms with van der Waals surface area (Å²) in [5, 5.41) is 13.4. The van der Waals surface area contributed by atoms with E-state index in [2.05, 4.69) is 59.1 Å². The average molecular weight is 379 g/mol. The quantitative estimate of drug-likeness (QED) is 0.736. The highest BCUT2D eigenvalue weighted by Crippen LogP contribution is 2.35. The van der Waals surface area contributed by atoms with Crippen molar-refractivity contribution in [3.8, 4) is 5.75 Å². The average Bonchev–Trinajstić information content (AvgIpc) is 2.42. The number of anilines is 1. The summed E-state index contributed by atoms with van der Waals surface area (Å²) < 4.78 is 1.26. The molecule has 2 aromatic rings. The monoisotopic (exact) mass is 379 g/mol. The van der Waals surface area contributed by atoms with E-state index in [1.807, 2.05) is 6.07 Å². The molecule has 1 unspecified atom stereocenters. The maximum Gasteiger partial charge on any atom is 0.115 e. The largest absolute Gasteiger partial charge is 0.508 e. The van der Waals surface area contributed by atoms with Gasteiger partial charge in [0.1, 0.15) is 5.75 Å². The fourth-order valence-corrected chi connectivity index (χ4v) is 3.56. The summed E-state index contributed by atoms with van der Waals surface area (Å²) in [6.07, 6.45) is 3.42. The number of phenolic OH excluding ortho intramolecular Hbond substituents is 1. The predicted octanol–water partition coefficient (Wildman–Crippen LogP) is 4.79. The van der Waals surface area contributed by atoms with Crippen molar-refractivity contribution in [2.75, 3.05) is 5.32 Å². The van der Waals surface area contributed by atoms with Crippen LogP contribution >= 0.6 is 22.6 Å². The molecular weight excluding hydrogens is 361 g/mol. The van der Waals surface area contributed by atoms with Crippen LogP contribution in [-0.4, -0.2) is 5.11 Å². The zero-order chi connectivity index (χ0) is 14.1. The third-order valence-corrected chi connectivity index (χ3v) is 4.63. The van der Waals surface area contributed by atoms with Gasteiger partial charge in [-0.05, 0) is 95.8 Å². The fraction of sp³-hybridized carbons (Fsp3) is 0.294. The Morgan fingerprint density at radius 3 is 2.85 bits per heavy atom. The minimum Gasteiger partial charge on any atom is -0.508 e. The van der Waals surface area contributed by atoms with Crippen LogP contribution in [0.5, 0.6) is 5.75 Å². The van der Waals surface area contributed by atoms with Crippen molar-refractivity contribution in [2.24, 2.45) is 0 Å². The van der Waals surface area contributed by atoms with Gasteiger partial charge in [-0.1, -0.05) is 6.07 Å². The number of hydrogen-bond acceptors (Lipinski definition) is 2. The molecule has 0 fully saturated rings. The van der Waals surface area contributed by atoms with Crippen molar-refractivity contribution in [2.45, 2.75) is 32.2 Å². The maximum absolute atomic E-state index is 9.73. The Balaban J connectivity index is 1.91. The Morgan fingerprint density at radius 1 is 1.20 bits per heavy atom. The first-order valence-corrected chi connectivity index (χ1v) is 8.06. The molecule has 0 aromatic heterocycles. The normalized spacial score (nSPS) is 17.6. The minimum atomic E-state index is 0.296. The summed E-state index contributed by atoms with van der Waals surface area (Å²) in [6, 6.07) is 12.5. The maximum atomic E-state index is 9.73. The molecule has 0 bridgehead atoms. The van der Waals surface area contributed by atoms with Gasteiger partial charge in [0, 0.05) is 9.26 Å². The lowest BCUT2D eigenvalue weighted by Crippen LogP contribution is -2.17. The van der Waals surface area contributed by atoms with E-state index in [0.717, 1.165) is 12.8 Å². The SMILES string of the molecule is Cc1cc(I)ccc1NC1CCCc2ccc(O)cc21. The van der Waals surface area contributed by atoms with Crippen LogP contribution in [0, 0.1) is 10.5 Å². The van der Waals surface area contributed by atoms with E-state index in [-0.39, 0.29) is 0 Å². The molecule has 20 heavy (non-hydrogen) atoms. The molecule has 1 aliphatic carbocycles. The van der Waals surface area contributed by atoms with E-state index < -0.39 is 0 Å². The number of aryl methyl sites for hydroxylation is 2. The molecule has 3 rings (SSSR count). The number of phenols is 1. The molecule has 0 saturated heterocycles. The highest BCUT2D eigenvalue weighted by Gasteiger charge is 2.20. The third kappa shape index (κ3) is 2.77. The summed E-state index contributed by atoms with van der Waals surface area (Å²) in [6.45, 7) is 2.14. The third-order valence-electron chi connectivity index (χ3n) is 3.96. The van der Waals surface area contributed by atoms with Gasteiger partial charge in [0.05, 0.1) is 6.04 Å². The van der Waals surface area contributed by atoms with Crippen molar-refractivity contribution in [3.63, 3.8) is 0 Å². The Bertz CT molecular complexity index is 639. The Kier molecular flexibility index (Phi) is 3.87. The van der Waals surface area contributed by atoms with Gasteiger partial charge in [0.25, 0.3) is 0 Å².